The highest BCUT2D eigenvalue weighted by molar-refractivity contribution is 6.26. The summed E-state index contributed by atoms with van der Waals surface area (Å²) in [6, 6.07) is 0. The molecule has 0 spiro atoms. The van der Waals surface area contributed by atoms with E-state index in [4.69, 9.17) is 16.3 Å². The molecule has 7 atom stereocenters. The monoisotopic (exact) mass is 438 g/mol. The fourth-order valence-corrected chi connectivity index (χ4v) is 7.87. The van der Waals surface area contributed by atoms with Gasteiger partial charge >= 0.3 is 5.97 Å². The molecule has 7 heteroatoms. The Kier molecular flexibility index (Phi) is 5.04. The van der Waals surface area contributed by atoms with Crippen LogP contribution >= 0.6 is 11.6 Å². The number of esters is 1. The molecule has 6 nitrogen and oxygen atoms in total. The van der Waals surface area contributed by atoms with Gasteiger partial charge in [-0.15, -0.1) is 11.6 Å². The number of Topliss-reactive ketones (excluding diaryl/α,β-unsaturated/α-hetero) is 1. The average Bonchev–Trinajstić information content (AvgIpc) is 2.94. The zero-order valence-electron chi connectivity index (χ0n) is 17.9. The van der Waals surface area contributed by atoms with Gasteiger partial charge in [-0.3, -0.25) is 14.4 Å². The Morgan fingerprint density at radius 2 is 1.90 bits per heavy atom. The summed E-state index contributed by atoms with van der Waals surface area (Å²) in [5, 5.41) is 22.9. The van der Waals surface area contributed by atoms with Crippen molar-refractivity contribution in [3.05, 3.63) is 11.6 Å². The molecule has 3 fully saturated rings. The molecule has 0 aromatic heterocycles. The summed E-state index contributed by atoms with van der Waals surface area (Å²) in [6.45, 7) is 4.69. The van der Waals surface area contributed by atoms with Crippen molar-refractivity contribution in [2.75, 3.05) is 6.61 Å². The Bertz CT molecular complexity index is 838. The fraction of sp³-hybridized carbons (Fsp3) is 0.783. The maximum Gasteiger partial charge on any atom is 0.303 e. The predicted octanol–water partition coefficient (Wildman–Crippen LogP) is 2.71. The Morgan fingerprint density at radius 3 is 2.57 bits per heavy atom. The van der Waals surface area contributed by atoms with E-state index in [-0.39, 0.29) is 30.5 Å². The summed E-state index contributed by atoms with van der Waals surface area (Å²) in [5.41, 5.74) is -1.98. The number of aliphatic hydroxyl groups excluding tert-OH is 1. The highest BCUT2D eigenvalue weighted by Crippen LogP contribution is 2.71. The van der Waals surface area contributed by atoms with Crippen LogP contribution in [0.4, 0.5) is 0 Å². The molecule has 4 rings (SSSR count). The molecule has 3 saturated carbocycles. The lowest BCUT2D eigenvalue weighted by molar-refractivity contribution is -0.179. The summed E-state index contributed by atoms with van der Waals surface area (Å²) in [7, 11) is 0. The normalized spacial score (nSPS) is 47.6. The van der Waals surface area contributed by atoms with E-state index in [2.05, 4.69) is 6.92 Å². The minimum atomic E-state index is -1.66. The van der Waals surface area contributed by atoms with Gasteiger partial charge in [0.25, 0.3) is 0 Å². The van der Waals surface area contributed by atoms with Crippen molar-refractivity contribution in [2.45, 2.75) is 82.3 Å². The first-order chi connectivity index (χ1) is 13.9. The Hall–Kier alpha value is -1.24. The van der Waals surface area contributed by atoms with Gasteiger partial charge in [0.1, 0.15) is 5.60 Å². The number of alkyl halides is 1. The first kappa shape index (κ1) is 22.0. The van der Waals surface area contributed by atoms with E-state index in [0.717, 1.165) is 12.0 Å². The van der Waals surface area contributed by atoms with Crippen LogP contribution in [0.2, 0.25) is 0 Å². The number of rotatable bonds is 3. The molecular formula is C23H31ClO6. The van der Waals surface area contributed by atoms with E-state index in [1.165, 1.54) is 6.92 Å². The van der Waals surface area contributed by atoms with E-state index >= 15 is 0 Å². The standard InChI is InChI=1S/C23H31ClO6/c1-13(25)30-12-19(28)22(29)9-7-16-17-5-4-14-10-15(26)6-8-20(14,2)23(17,24)18(27)11-21(16,22)3/h10,16-18,27,29H,4-9,11-12H2,1-3H3/t16-,17-,18-,20-,21-,22+,23-/m0/s1. The van der Waals surface area contributed by atoms with Crippen LogP contribution in [0.1, 0.15) is 65.7 Å². The van der Waals surface area contributed by atoms with Crippen LogP contribution in [0.5, 0.6) is 0 Å². The highest BCUT2D eigenvalue weighted by Gasteiger charge is 2.73. The molecule has 4 aliphatic rings. The van der Waals surface area contributed by atoms with Crippen molar-refractivity contribution < 1.29 is 29.3 Å². The molecule has 0 unspecified atom stereocenters. The van der Waals surface area contributed by atoms with Gasteiger partial charge in [0.2, 0.25) is 5.78 Å². The molecule has 0 heterocycles. The van der Waals surface area contributed by atoms with Gasteiger partial charge in [0.15, 0.2) is 12.4 Å². The largest absolute Gasteiger partial charge is 0.458 e. The molecule has 0 saturated heterocycles. The molecule has 0 aliphatic heterocycles. The van der Waals surface area contributed by atoms with Gasteiger partial charge in [-0.25, -0.2) is 0 Å². The van der Waals surface area contributed by atoms with Crippen LogP contribution in [-0.4, -0.2) is 50.9 Å². The minimum absolute atomic E-state index is 0.0410. The van der Waals surface area contributed by atoms with Crippen molar-refractivity contribution in [1.82, 2.24) is 0 Å². The number of carbonyl (C=O) groups excluding carboxylic acids is 3. The SMILES string of the molecule is CC(=O)OCC(=O)[C@]1(O)CC[C@H]2[C@@H]3CCC4=CC(=O)CC[C@]4(C)[C@@]3(Cl)[C@@H](O)C[C@@]21C. The van der Waals surface area contributed by atoms with E-state index in [1.807, 2.05) is 6.92 Å². The predicted molar refractivity (Wildman–Crippen MR) is 110 cm³/mol. The Labute approximate surface area is 182 Å². The van der Waals surface area contributed by atoms with Gasteiger partial charge < -0.3 is 14.9 Å². The molecule has 0 radical (unpaired) electrons. The number of halogens is 1. The fourth-order valence-electron chi connectivity index (χ4n) is 7.32. The first-order valence-electron chi connectivity index (χ1n) is 10.9. The number of ketones is 2. The van der Waals surface area contributed by atoms with E-state index in [0.29, 0.717) is 25.7 Å². The van der Waals surface area contributed by atoms with E-state index in [9.17, 15) is 24.6 Å². The summed E-state index contributed by atoms with van der Waals surface area (Å²) < 4.78 is 4.88. The number of carbonyl (C=O) groups is 3. The topological polar surface area (TPSA) is 101 Å². The molecule has 2 N–H and O–H groups in total. The smallest absolute Gasteiger partial charge is 0.303 e. The summed E-state index contributed by atoms with van der Waals surface area (Å²) in [4.78, 5) is 35.2. The number of hydrogen-bond acceptors (Lipinski definition) is 6. The molecule has 30 heavy (non-hydrogen) atoms. The molecule has 4 aliphatic carbocycles. The number of hydrogen-bond donors (Lipinski definition) is 2. The second-order valence-electron chi connectivity index (χ2n) is 10.2. The van der Waals surface area contributed by atoms with Crippen LogP contribution in [-0.2, 0) is 19.1 Å². The van der Waals surface area contributed by atoms with Crippen LogP contribution < -0.4 is 0 Å². The third-order valence-electron chi connectivity index (χ3n) is 9.06. The first-order valence-corrected chi connectivity index (χ1v) is 11.3. The third kappa shape index (κ3) is 2.66. The van der Waals surface area contributed by atoms with Gasteiger partial charge in [-0.1, -0.05) is 19.4 Å². The zero-order chi connectivity index (χ0) is 22.1. The highest BCUT2D eigenvalue weighted by atomic mass is 35.5. The zero-order valence-corrected chi connectivity index (χ0v) is 18.6. The molecule has 0 aromatic carbocycles. The van der Waals surface area contributed by atoms with Gasteiger partial charge in [0.05, 0.1) is 11.0 Å². The third-order valence-corrected chi connectivity index (χ3v) is 10.0. The lowest BCUT2D eigenvalue weighted by Crippen LogP contribution is -2.69. The van der Waals surface area contributed by atoms with Crippen LogP contribution in [0.3, 0.4) is 0 Å². The number of ether oxygens (including phenoxy) is 1. The Morgan fingerprint density at radius 1 is 1.20 bits per heavy atom. The molecular weight excluding hydrogens is 408 g/mol. The summed E-state index contributed by atoms with van der Waals surface area (Å²) in [5.74, 6) is -1.09. The van der Waals surface area contributed by atoms with Gasteiger partial charge in [0, 0.05) is 24.2 Å². The van der Waals surface area contributed by atoms with E-state index < -0.39 is 45.8 Å². The van der Waals surface area contributed by atoms with Gasteiger partial charge in [-0.05, 0) is 56.4 Å². The van der Waals surface area contributed by atoms with Crippen molar-refractivity contribution in [3.63, 3.8) is 0 Å². The second-order valence-corrected chi connectivity index (χ2v) is 10.9. The maximum absolute atomic E-state index is 12.9. The minimum Gasteiger partial charge on any atom is -0.458 e. The van der Waals surface area contributed by atoms with Gasteiger partial charge in [-0.2, -0.15) is 0 Å². The van der Waals surface area contributed by atoms with Crippen molar-refractivity contribution >= 4 is 29.1 Å². The molecule has 0 amide bonds. The van der Waals surface area contributed by atoms with Crippen LogP contribution in [0.25, 0.3) is 0 Å². The number of aliphatic hydroxyl groups is 2. The molecule has 0 aromatic rings. The summed E-state index contributed by atoms with van der Waals surface area (Å²) >= 11 is 7.36. The lowest BCUT2D eigenvalue weighted by atomic mass is 9.45. The van der Waals surface area contributed by atoms with Crippen molar-refractivity contribution in [1.29, 1.82) is 0 Å². The number of fused-ring (bicyclic) bond motifs is 5. The van der Waals surface area contributed by atoms with Crippen molar-refractivity contribution in [2.24, 2.45) is 22.7 Å². The summed E-state index contributed by atoms with van der Waals surface area (Å²) in [6.07, 6.45) is 4.34. The molecule has 166 valence electrons. The van der Waals surface area contributed by atoms with Crippen molar-refractivity contribution in [3.8, 4) is 0 Å². The van der Waals surface area contributed by atoms with Crippen LogP contribution in [0.15, 0.2) is 11.6 Å². The van der Waals surface area contributed by atoms with Crippen LogP contribution in [0, 0.1) is 22.7 Å². The molecule has 0 bridgehead atoms. The second kappa shape index (κ2) is 6.88. The maximum atomic E-state index is 12.9. The lowest BCUT2D eigenvalue weighted by Gasteiger charge is -2.64. The average molecular weight is 439 g/mol. The van der Waals surface area contributed by atoms with E-state index in [1.54, 1.807) is 6.08 Å². The Balaban J connectivity index is 1.71. The number of allylic oxidation sites excluding steroid dienone is 1. The quantitative estimate of drug-likeness (QED) is 0.519.